The van der Waals surface area contributed by atoms with Crippen LogP contribution in [0.3, 0.4) is 0 Å². The number of para-hydroxylation sites is 1. The maximum Gasteiger partial charge on any atom is 0.196 e. The Morgan fingerprint density at radius 3 is 2.95 bits per heavy atom. The fourth-order valence-electron chi connectivity index (χ4n) is 2.89. The zero-order valence-electron chi connectivity index (χ0n) is 10.8. The molecule has 0 saturated carbocycles. The van der Waals surface area contributed by atoms with Gasteiger partial charge in [-0.2, -0.15) is 0 Å². The van der Waals surface area contributed by atoms with E-state index in [4.69, 9.17) is 10.5 Å². The first-order chi connectivity index (χ1) is 9.27. The molecular weight excluding hydrogens is 306 g/mol. The van der Waals surface area contributed by atoms with Crippen LogP contribution in [-0.2, 0) is 4.74 Å². The van der Waals surface area contributed by atoms with Crippen molar-refractivity contribution in [2.75, 3.05) is 24.7 Å². The van der Waals surface area contributed by atoms with Gasteiger partial charge in [0.25, 0.3) is 0 Å². The average molecular weight is 324 g/mol. The first-order valence-corrected chi connectivity index (χ1v) is 7.48. The highest BCUT2D eigenvalue weighted by Crippen LogP contribution is 2.33. The zero-order chi connectivity index (χ0) is 13.2. The minimum Gasteiger partial charge on any atom is -0.381 e. The van der Waals surface area contributed by atoms with E-state index in [1.807, 2.05) is 18.2 Å². The van der Waals surface area contributed by atoms with Gasteiger partial charge in [-0.3, -0.25) is 4.99 Å². The number of anilines is 1. The van der Waals surface area contributed by atoms with Crippen LogP contribution in [0.15, 0.2) is 33.7 Å². The summed E-state index contributed by atoms with van der Waals surface area (Å²) < 4.78 is 6.67. The Labute approximate surface area is 121 Å². The van der Waals surface area contributed by atoms with Crippen LogP contribution in [0, 0.1) is 5.92 Å². The fraction of sp³-hybridized carbons (Fsp3) is 0.500. The lowest BCUT2D eigenvalue weighted by atomic mass is 9.93. The van der Waals surface area contributed by atoms with Crippen LogP contribution in [-0.4, -0.2) is 31.8 Å². The van der Waals surface area contributed by atoms with Gasteiger partial charge >= 0.3 is 0 Å². The molecule has 1 aromatic carbocycles. The predicted molar refractivity (Wildman–Crippen MR) is 80.4 cm³/mol. The highest BCUT2D eigenvalue weighted by Gasteiger charge is 2.35. The van der Waals surface area contributed by atoms with Crippen LogP contribution in [0.5, 0.6) is 0 Å². The SMILES string of the molecule is NC1=NCC(C2CCCOC2)N1c1ccccc1Br. The number of hydrogen-bond acceptors (Lipinski definition) is 4. The first-order valence-electron chi connectivity index (χ1n) is 6.69. The van der Waals surface area contributed by atoms with Gasteiger partial charge in [-0.1, -0.05) is 12.1 Å². The van der Waals surface area contributed by atoms with Gasteiger partial charge in [-0.15, -0.1) is 0 Å². The largest absolute Gasteiger partial charge is 0.381 e. The number of ether oxygens (including phenoxy) is 1. The molecular formula is C14H18BrN3O. The van der Waals surface area contributed by atoms with E-state index in [-0.39, 0.29) is 0 Å². The molecule has 0 radical (unpaired) electrons. The monoisotopic (exact) mass is 323 g/mol. The molecule has 102 valence electrons. The van der Waals surface area contributed by atoms with E-state index in [9.17, 15) is 0 Å². The zero-order valence-corrected chi connectivity index (χ0v) is 12.3. The molecule has 2 aliphatic heterocycles. The van der Waals surface area contributed by atoms with Gasteiger partial charge in [-0.25, -0.2) is 0 Å². The molecule has 19 heavy (non-hydrogen) atoms. The number of hydrogen-bond donors (Lipinski definition) is 1. The third-order valence-electron chi connectivity index (χ3n) is 3.87. The van der Waals surface area contributed by atoms with Crippen molar-refractivity contribution in [3.63, 3.8) is 0 Å². The molecule has 0 spiro atoms. The van der Waals surface area contributed by atoms with Gasteiger partial charge in [0, 0.05) is 17.0 Å². The molecule has 2 N–H and O–H groups in total. The molecule has 0 amide bonds. The topological polar surface area (TPSA) is 50.9 Å². The minimum absolute atomic E-state index is 0.319. The van der Waals surface area contributed by atoms with Crippen LogP contribution in [0.2, 0.25) is 0 Å². The van der Waals surface area contributed by atoms with E-state index in [1.54, 1.807) is 0 Å². The van der Waals surface area contributed by atoms with Crippen LogP contribution < -0.4 is 10.6 Å². The Balaban J connectivity index is 1.88. The quantitative estimate of drug-likeness (QED) is 0.909. The van der Waals surface area contributed by atoms with Crippen molar-refractivity contribution in [1.82, 2.24) is 0 Å². The summed E-state index contributed by atoms with van der Waals surface area (Å²) in [7, 11) is 0. The predicted octanol–water partition coefficient (Wildman–Crippen LogP) is 2.38. The number of rotatable bonds is 2. The van der Waals surface area contributed by atoms with E-state index >= 15 is 0 Å². The molecule has 0 aliphatic carbocycles. The Morgan fingerprint density at radius 2 is 2.21 bits per heavy atom. The Hall–Kier alpha value is -1.07. The Kier molecular flexibility index (Phi) is 3.75. The average Bonchev–Trinajstić information content (AvgIpc) is 2.82. The maximum absolute atomic E-state index is 6.09. The molecule has 1 fully saturated rings. The maximum atomic E-state index is 6.09. The number of guanidine groups is 1. The lowest BCUT2D eigenvalue weighted by Crippen LogP contribution is -2.47. The fourth-order valence-corrected chi connectivity index (χ4v) is 3.37. The summed E-state index contributed by atoms with van der Waals surface area (Å²) in [6, 6.07) is 8.47. The Bertz CT molecular complexity index is 485. The Morgan fingerprint density at radius 1 is 1.37 bits per heavy atom. The van der Waals surface area contributed by atoms with Crippen molar-refractivity contribution in [1.29, 1.82) is 0 Å². The van der Waals surface area contributed by atoms with Crippen molar-refractivity contribution in [2.24, 2.45) is 16.6 Å². The summed E-state index contributed by atoms with van der Waals surface area (Å²) in [4.78, 5) is 6.59. The molecule has 2 heterocycles. The van der Waals surface area contributed by atoms with Gasteiger partial charge in [0.1, 0.15) is 0 Å². The van der Waals surface area contributed by atoms with Crippen molar-refractivity contribution < 1.29 is 4.74 Å². The van der Waals surface area contributed by atoms with Crippen molar-refractivity contribution >= 4 is 27.6 Å². The van der Waals surface area contributed by atoms with Crippen molar-refractivity contribution in [2.45, 2.75) is 18.9 Å². The molecule has 0 aromatic heterocycles. The van der Waals surface area contributed by atoms with Gasteiger partial charge in [-0.05, 0) is 40.9 Å². The molecule has 5 heteroatoms. The number of nitrogens with two attached hydrogens (primary N) is 1. The number of benzene rings is 1. The summed E-state index contributed by atoms with van der Waals surface area (Å²) >= 11 is 3.60. The molecule has 1 aromatic rings. The summed E-state index contributed by atoms with van der Waals surface area (Å²) in [5, 5.41) is 0. The standard InChI is InChI=1S/C14H18BrN3O/c15-11-5-1-2-6-12(11)18-13(8-17-14(18)16)10-4-3-7-19-9-10/h1-2,5-6,10,13H,3-4,7-9H2,(H2,16,17). The van der Waals surface area contributed by atoms with Gasteiger partial charge in [0.05, 0.1) is 24.9 Å². The van der Waals surface area contributed by atoms with Gasteiger partial charge in [0.2, 0.25) is 0 Å². The molecule has 0 bridgehead atoms. The van der Waals surface area contributed by atoms with E-state index < -0.39 is 0 Å². The second-order valence-electron chi connectivity index (χ2n) is 5.06. The summed E-state index contributed by atoms with van der Waals surface area (Å²) in [6.45, 7) is 2.46. The smallest absolute Gasteiger partial charge is 0.196 e. The minimum atomic E-state index is 0.319. The van der Waals surface area contributed by atoms with E-state index in [2.05, 4.69) is 31.9 Å². The second kappa shape index (κ2) is 5.51. The molecule has 3 rings (SSSR count). The van der Waals surface area contributed by atoms with Gasteiger partial charge < -0.3 is 15.4 Å². The molecule has 1 saturated heterocycles. The lowest BCUT2D eigenvalue weighted by molar-refractivity contribution is 0.0472. The van der Waals surface area contributed by atoms with E-state index in [0.29, 0.717) is 17.9 Å². The van der Waals surface area contributed by atoms with Gasteiger partial charge in [0.15, 0.2) is 5.96 Å². The van der Waals surface area contributed by atoms with Crippen molar-refractivity contribution in [3.8, 4) is 0 Å². The van der Waals surface area contributed by atoms with Crippen LogP contribution in [0.25, 0.3) is 0 Å². The van der Waals surface area contributed by atoms with Crippen LogP contribution in [0.1, 0.15) is 12.8 Å². The number of aliphatic imine (C=N–C) groups is 1. The lowest BCUT2D eigenvalue weighted by Gasteiger charge is -2.35. The van der Waals surface area contributed by atoms with Crippen LogP contribution in [0.4, 0.5) is 5.69 Å². The highest BCUT2D eigenvalue weighted by molar-refractivity contribution is 9.10. The third-order valence-corrected chi connectivity index (χ3v) is 4.54. The van der Waals surface area contributed by atoms with E-state index in [1.165, 1.54) is 6.42 Å². The molecule has 2 aliphatic rings. The summed E-state index contributed by atoms with van der Waals surface area (Å²) in [6.07, 6.45) is 2.32. The third kappa shape index (κ3) is 2.49. The van der Waals surface area contributed by atoms with Crippen LogP contribution >= 0.6 is 15.9 Å². The first kappa shape index (κ1) is 12.9. The second-order valence-corrected chi connectivity index (χ2v) is 5.92. The van der Waals surface area contributed by atoms with E-state index in [0.717, 1.165) is 36.3 Å². The molecule has 2 atom stereocenters. The summed E-state index contributed by atoms with van der Waals surface area (Å²) in [5.74, 6) is 1.12. The molecule has 2 unspecified atom stereocenters. The normalized spacial score (nSPS) is 27.4. The summed E-state index contributed by atoms with van der Waals surface area (Å²) in [5.41, 5.74) is 7.19. The number of nitrogens with zero attached hydrogens (tertiary/aromatic N) is 2. The molecule has 4 nitrogen and oxygen atoms in total. The van der Waals surface area contributed by atoms with Crippen molar-refractivity contribution in [3.05, 3.63) is 28.7 Å². The highest BCUT2D eigenvalue weighted by atomic mass is 79.9. The number of halogens is 1.